The van der Waals surface area contributed by atoms with E-state index in [4.69, 9.17) is 23.2 Å². The Labute approximate surface area is 131 Å². The lowest BCUT2D eigenvalue weighted by Crippen LogP contribution is -2.38. The fraction of sp³-hybridized carbons (Fsp3) is 0. The maximum absolute atomic E-state index is 12.0. The highest BCUT2D eigenvalue weighted by Crippen LogP contribution is 2.25. The van der Waals surface area contributed by atoms with E-state index >= 15 is 0 Å². The van der Waals surface area contributed by atoms with Crippen molar-refractivity contribution in [2.45, 2.75) is 0 Å². The van der Waals surface area contributed by atoms with Gasteiger partial charge < -0.3 is 5.32 Å². The van der Waals surface area contributed by atoms with Crippen molar-refractivity contribution < 1.29 is 9.59 Å². The first-order chi connectivity index (χ1) is 10.1. The molecule has 3 amide bonds. The van der Waals surface area contributed by atoms with Crippen LogP contribution in [0.15, 0.2) is 48.5 Å². The minimum Gasteiger partial charge on any atom is -0.306 e. The summed E-state index contributed by atoms with van der Waals surface area (Å²) in [5, 5.41) is 4.01. The van der Waals surface area contributed by atoms with E-state index in [-0.39, 0.29) is 0 Å². The predicted molar refractivity (Wildman–Crippen MR) is 83.4 cm³/mol. The monoisotopic (exact) mass is 323 g/mol. The number of amides is 3. The Morgan fingerprint density at radius 3 is 2.33 bits per heavy atom. The van der Waals surface area contributed by atoms with E-state index < -0.39 is 6.03 Å². The Balaban J connectivity index is 2.06. The molecular weight excluding hydrogens is 313 g/mol. The molecule has 21 heavy (non-hydrogen) atoms. The molecule has 0 saturated carbocycles. The van der Waals surface area contributed by atoms with Crippen molar-refractivity contribution in [3.63, 3.8) is 0 Å². The second kappa shape index (κ2) is 6.97. The maximum atomic E-state index is 12.0. The highest BCUT2D eigenvalue weighted by Gasteiger charge is 2.13. The van der Waals surface area contributed by atoms with E-state index in [0.717, 1.165) is 5.01 Å². The lowest BCUT2D eigenvalue weighted by Gasteiger charge is -2.18. The van der Waals surface area contributed by atoms with Crippen molar-refractivity contribution in [2.75, 3.05) is 10.7 Å². The first-order valence-electron chi connectivity index (χ1n) is 5.92. The summed E-state index contributed by atoms with van der Waals surface area (Å²) >= 11 is 11.6. The number of halogens is 2. The largest absolute Gasteiger partial charge is 0.347 e. The molecular formula is C14H11Cl2N3O2. The number of rotatable bonds is 4. The summed E-state index contributed by atoms with van der Waals surface area (Å²) in [4.78, 5) is 23.0. The Morgan fingerprint density at radius 1 is 1.00 bits per heavy atom. The minimum absolute atomic E-state index is 0.308. The van der Waals surface area contributed by atoms with E-state index in [0.29, 0.717) is 27.8 Å². The average molecular weight is 324 g/mol. The summed E-state index contributed by atoms with van der Waals surface area (Å²) in [5.74, 6) is 0. The molecule has 0 aliphatic carbocycles. The zero-order valence-electron chi connectivity index (χ0n) is 10.7. The number of carbonyl (C=O) groups excluding carboxylic acids is 2. The van der Waals surface area contributed by atoms with E-state index in [1.54, 1.807) is 36.4 Å². The molecule has 2 aromatic rings. The fourth-order valence-corrected chi connectivity index (χ4v) is 1.83. The van der Waals surface area contributed by atoms with Gasteiger partial charge in [0.15, 0.2) is 0 Å². The predicted octanol–water partition coefficient (Wildman–Crippen LogP) is 4.01. The van der Waals surface area contributed by atoms with Crippen molar-refractivity contribution >= 4 is 47.0 Å². The third-order valence-corrected chi connectivity index (χ3v) is 3.26. The van der Waals surface area contributed by atoms with E-state index in [1.165, 1.54) is 6.07 Å². The van der Waals surface area contributed by atoms with Crippen LogP contribution in [-0.4, -0.2) is 17.5 Å². The molecule has 0 atom stereocenters. The van der Waals surface area contributed by atoms with Gasteiger partial charge in [0.05, 0.1) is 15.7 Å². The zero-order valence-corrected chi connectivity index (χ0v) is 12.2. The number of anilines is 2. The highest BCUT2D eigenvalue weighted by atomic mass is 35.5. The van der Waals surface area contributed by atoms with Gasteiger partial charge in [-0.3, -0.25) is 10.2 Å². The molecule has 0 unspecified atom stereocenters. The number of nitrogens with zero attached hydrogens (tertiary/aromatic N) is 1. The van der Waals surface area contributed by atoms with Crippen LogP contribution in [0.1, 0.15) is 0 Å². The summed E-state index contributed by atoms with van der Waals surface area (Å²) in [6.07, 6.45) is 0.375. The second-order valence-corrected chi connectivity index (χ2v) is 4.83. The molecule has 0 radical (unpaired) electrons. The molecule has 0 bridgehead atoms. The van der Waals surface area contributed by atoms with Crippen molar-refractivity contribution in [3.05, 3.63) is 58.6 Å². The Hall–Kier alpha value is -2.24. The molecule has 0 heterocycles. The van der Waals surface area contributed by atoms with E-state index in [2.05, 4.69) is 10.7 Å². The number of imide groups is 1. The highest BCUT2D eigenvalue weighted by molar-refractivity contribution is 6.42. The van der Waals surface area contributed by atoms with Crippen LogP contribution in [-0.2, 0) is 4.79 Å². The molecule has 0 spiro atoms. The van der Waals surface area contributed by atoms with Gasteiger partial charge in [-0.25, -0.2) is 4.79 Å². The van der Waals surface area contributed by atoms with E-state index in [1.807, 2.05) is 6.07 Å². The van der Waals surface area contributed by atoms with Gasteiger partial charge in [-0.05, 0) is 30.3 Å². The van der Waals surface area contributed by atoms with Crippen LogP contribution >= 0.6 is 23.2 Å². The van der Waals surface area contributed by atoms with Crippen molar-refractivity contribution in [3.8, 4) is 0 Å². The minimum atomic E-state index is -0.646. The first kappa shape index (κ1) is 15.2. The standard InChI is InChI=1S/C14H11Cl2N3O2/c15-12-7-6-11(8-13(12)16)17-14(21)19(9-20)18-10-4-2-1-3-5-10/h1-9,18H,(H,17,21). The van der Waals surface area contributed by atoms with Gasteiger partial charge >= 0.3 is 6.03 Å². The molecule has 2 N–H and O–H groups in total. The van der Waals surface area contributed by atoms with Gasteiger partial charge in [0, 0.05) is 5.69 Å². The van der Waals surface area contributed by atoms with Gasteiger partial charge in [-0.1, -0.05) is 41.4 Å². The number of hydrogen-bond acceptors (Lipinski definition) is 3. The van der Waals surface area contributed by atoms with Crippen LogP contribution in [0, 0.1) is 0 Å². The molecule has 0 aliphatic rings. The fourth-order valence-electron chi connectivity index (χ4n) is 1.53. The van der Waals surface area contributed by atoms with Crippen LogP contribution in [0.2, 0.25) is 10.0 Å². The molecule has 0 saturated heterocycles. The second-order valence-electron chi connectivity index (χ2n) is 4.01. The molecule has 2 aromatic carbocycles. The van der Waals surface area contributed by atoms with Crippen LogP contribution in [0.4, 0.5) is 16.2 Å². The normalized spacial score (nSPS) is 9.81. The van der Waals surface area contributed by atoms with Crippen molar-refractivity contribution in [2.24, 2.45) is 0 Å². The van der Waals surface area contributed by atoms with Gasteiger partial charge in [0.25, 0.3) is 0 Å². The first-order valence-corrected chi connectivity index (χ1v) is 6.68. The van der Waals surface area contributed by atoms with Gasteiger partial charge in [-0.15, -0.1) is 0 Å². The number of carbonyl (C=O) groups is 2. The summed E-state index contributed by atoms with van der Waals surface area (Å²) in [6, 6.07) is 12.8. The van der Waals surface area contributed by atoms with Crippen LogP contribution in [0.3, 0.4) is 0 Å². The van der Waals surface area contributed by atoms with Gasteiger partial charge in [0.2, 0.25) is 6.41 Å². The number of urea groups is 1. The lowest BCUT2D eigenvalue weighted by molar-refractivity contribution is -0.114. The lowest BCUT2D eigenvalue weighted by atomic mass is 10.3. The van der Waals surface area contributed by atoms with Crippen LogP contribution < -0.4 is 10.7 Å². The van der Waals surface area contributed by atoms with Crippen molar-refractivity contribution in [1.82, 2.24) is 5.01 Å². The molecule has 108 valence electrons. The zero-order chi connectivity index (χ0) is 15.2. The summed E-state index contributed by atoms with van der Waals surface area (Å²) in [7, 11) is 0. The Morgan fingerprint density at radius 2 is 1.71 bits per heavy atom. The molecule has 0 fully saturated rings. The third-order valence-electron chi connectivity index (χ3n) is 2.52. The SMILES string of the molecule is O=CN(Nc1ccccc1)C(=O)Nc1ccc(Cl)c(Cl)c1. The van der Waals surface area contributed by atoms with Gasteiger partial charge in [-0.2, -0.15) is 5.01 Å². The quantitative estimate of drug-likeness (QED) is 0.660. The summed E-state index contributed by atoms with van der Waals surface area (Å²) in [6.45, 7) is 0. The summed E-state index contributed by atoms with van der Waals surface area (Å²) < 4.78 is 0. The van der Waals surface area contributed by atoms with Crippen LogP contribution in [0.25, 0.3) is 0 Å². The maximum Gasteiger partial charge on any atom is 0.347 e. The molecule has 0 aliphatic heterocycles. The number of hydrogen-bond donors (Lipinski definition) is 2. The number of benzene rings is 2. The Kier molecular flexibility index (Phi) is 5.03. The molecule has 0 aromatic heterocycles. The Bertz CT molecular complexity index is 650. The molecule has 5 nitrogen and oxygen atoms in total. The van der Waals surface area contributed by atoms with Crippen molar-refractivity contribution in [1.29, 1.82) is 0 Å². The number of para-hydroxylation sites is 1. The van der Waals surface area contributed by atoms with Crippen LogP contribution in [0.5, 0.6) is 0 Å². The van der Waals surface area contributed by atoms with Gasteiger partial charge in [0.1, 0.15) is 0 Å². The average Bonchev–Trinajstić information content (AvgIpc) is 2.49. The molecule has 2 rings (SSSR count). The number of hydrazine groups is 1. The smallest absolute Gasteiger partial charge is 0.306 e. The summed E-state index contributed by atoms with van der Waals surface area (Å²) in [5.41, 5.74) is 3.70. The van der Waals surface area contributed by atoms with E-state index in [9.17, 15) is 9.59 Å². The third kappa shape index (κ3) is 4.11. The molecule has 7 heteroatoms. The topological polar surface area (TPSA) is 61.4 Å². The number of nitrogens with one attached hydrogen (secondary N) is 2.